The number of rotatable bonds is 13. The van der Waals surface area contributed by atoms with Crippen LogP contribution in [0.25, 0.3) is 10.8 Å². The van der Waals surface area contributed by atoms with Gasteiger partial charge in [0, 0.05) is 30.6 Å². The Morgan fingerprint density at radius 1 is 1.12 bits per heavy atom. The summed E-state index contributed by atoms with van der Waals surface area (Å²) in [7, 11) is 0. The van der Waals surface area contributed by atoms with Crippen LogP contribution in [0, 0.1) is 17.8 Å². The number of carbonyl (C=O) groups is 3. The molecule has 0 aromatic heterocycles. The van der Waals surface area contributed by atoms with Crippen molar-refractivity contribution in [2.75, 3.05) is 31.2 Å². The number of likely N-dealkylation sites (tertiary alicyclic amines) is 1. The predicted molar refractivity (Wildman–Crippen MR) is 164 cm³/mol. The van der Waals surface area contributed by atoms with Gasteiger partial charge in [0.25, 0.3) is 5.91 Å². The van der Waals surface area contributed by atoms with E-state index in [1.807, 2.05) is 42.5 Å². The number of aliphatic hydroxyl groups is 1. The van der Waals surface area contributed by atoms with Crippen molar-refractivity contribution < 1.29 is 24.2 Å². The number of esters is 1. The van der Waals surface area contributed by atoms with Crippen LogP contribution in [0.15, 0.2) is 67.8 Å². The molecule has 7 nitrogen and oxygen atoms in total. The summed E-state index contributed by atoms with van der Waals surface area (Å²) in [6.45, 7) is 10.7. The number of amides is 2. The SMILES string of the molecule is C=CCOC(=O)[C@@H]1[C@H]2C(=O)N(CCCCCCO)C(C(=O)N(CC=C)c3ccc4ccccc4c3)C23S[C@@H]1CC3C. The van der Waals surface area contributed by atoms with Crippen LogP contribution in [0.3, 0.4) is 0 Å². The zero-order chi connectivity index (χ0) is 29.1. The molecular weight excluding hydrogens is 536 g/mol. The molecule has 2 bridgehead atoms. The first-order valence-corrected chi connectivity index (χ1v) is 15.5. The molecule has 41 heavy (non-hydrogen) atoms. The Morgan fingerprint density at radius 2 is 1.88 bits per heavy atom. The summed E-state index contributed by atoms with van der Waals surface area (Å²) in [6.07, 6.45) is 7.15. The van der Waals surface area contributed by atoms with Gasteiger partial charge in [-0.1, -0.05) is 68.8 Å². The minimum absolute atomic E-state index is 0.0632. The van der Waals surface area contributed by atoms with Crippen molar-refractivity contribution in [3.8, 4) is 0 Å². The Kier molecular flexibility index (Phi) is 8.90. The Balaban J connectivity index is 1.54. The summed E-state index contributed by atoms with van der Waals surface area (Å²) >= 11 is 1.66. The number of thioether (sulfide) groups is 1. The largest absolute Gasteiger partial charge is 0.461 e. The van der Waals surface area contributed by atoms with Crippen LogP contribution in [0.2, 0.25) is 0 Å². The second-order valence-corrected chi connectivity index (χ2v) is 13.0. The lowest BCUT2D eigenvalue weighted by atomic mass is 9.66. The van der Waals surface area contributed by atoms with Crippen molar-refractivity contribution in [2.45, 2.75) is 55.1 Å². The van der Waals surface area contributed by atoms with Crippen molar-refractivity contribution in [1.29, 1.82) is 0 Å². The standard InChI is InChI=1S/C33H40N2O5S/c1-4-16-34(25-15-14-23-12-8-9-13-24(23)21-25)31(38)29-33-22(3)20-26(41-33)27(32(39)40-19-5-2)28(33)30(37)35(29)17-10-6-7-11-18-36/h4-5,8-9,12-15,21-22,26-29,36H,1-2,6-7,10-11,16-20H2,3H3/t22?,26-,27+,28+,29?,33?/m1/s1. The van der Waals surface area contributed by atoms with Gasteiger partial charge in [-0.05, 0) is 48.1 Å². The minimum Gasteiger partial charge on any atom is -0.461 e. The fraction of sp³-hybridized carbons (Fsp3) is 0.485. The third kappa shape index (κ3) is 5.10. The van der Waals surface area contributed by atoms with E-state index >= 15 is 0 Å². The lowest BCUT2D eigenvalue weighted by Gasteiger charge is -2.40. The van der Waals surface area contributed by atoms with Gasteiger partial charge in [-0.25, -0.2) is 0 Å². The molecule has 3 aliphatic heterocycles. The first kappa shape index (κ1) is 29.4. The number of hydrogen-bond acceptors (Lipinski definition) is 6. The average Bonchev–Trinajstić information content (AvgIpc) is 3.57. The van der Waals surface area contributed by atoms with E-state index in [2.05, 4.69) is 20.1 Å². The second kappa shape index (κ2) is 12.4. The molecule has 3 saturated heterocycles. The second-order valence-electron chi connectivity index (χ2n) is 11.4. The Hall–Kier alpha value is -3.10. The van der Waals surface area contributed by atoms with Crippen LogP contribution in [0.4, 0.5) is 5.69 Å². The third-order valence-corrected chi connectivity index (χ3v) is 11.1. The van der Waals surface area contributed by atoms with E-state index in [-0.39, 0.29) is 42.2 Å². The van der Waals surface area contributed by atoms with Crippen molar-refractivity contribution in [1.82, 2.24) is 4.90 Å². The Morgan fingerprint density at radius 3 is 2.61 bits per heavy atom. The number of nitrogens with zero attached hydrogens (tertiary/aromatic N) is 2. The van der Waals surface area contributed by atoms with Crippen molar-refractivity contribution in [3.05, 3.63) is 67.8 Å². The quantitative estimate of drug-likeness (QED) is 0.206. The number of carbonyl (C=O) groups excluding carboxylic acids is 3. The van der Waals surface area contributed by atoms with Crippen molar-refractivity contribution in [3.63, 3.8) is 0 Å². The number of fused-ring (bicyclic) bond motifs is 2. The monoisotopic (exact) mass is 576 g/mol. The summed E-state index contributed by atoms with van der Waals surface area (Å²) < 4.78 is 4.79. The highest BCUT2D eigenvalue weighted by atomic mass is 32.2. The molecule has 5 rings (SSSR count). The minimum atomic E-state index is -0.710. The van der Waals surface area contributed by atoms with E-state index in [9.17, 15) is 19.5 Å². The number of ether oxygens (including phenoxy) is 1. The van der Waals surface area contributed by atoms with Gasteiger partial charge >= 0.3 is 5.97 Å². The van der Waals surface area contributed by atoms with Gasteiger partial charge < -0.3 is 19.6 Å². The molecule has 3 fully saturated rings. The molecule has 0 saturated carbocycles. The highest BCUT2D eigenvalue weighted by Gasteiger charge is 2.76. The first-order chi connectivity index (χ1) is 19.9. The van der Waals surface area contributed by atoms with Gasteiger partial charge in [-0.2, -0.15) is 0 Å². The number of benzene rings is 2. The van der Waals surface area contributed by atoms with E-state index in [0.29, 0.717) is 19.5 Å². The van der Waals surface area contributed by atoms with Gasteiger partial charge in [-0.15, -0.1) is 18.3 Å². The molecule has 0 radical (unpaired) electrons. The summed E-state index contributed by atoms with van der Waals surface area (Å²) in [4.78, 5) is 45.9. The lowest BCUT2D eigenvalue weighted by molar-refractivity contribution is -0.153. The molecular formula is C33H40N2O5S. The normalized spacial score (nSPS) is 28.1. The summed E-state index contributed by atoms with van der Waals surface area (Å²) in [6, 6.07) is 13.3. The molecule has 1 spiro atoms. The van der Waals surface area contributed by atoms with Crippen LogP contribution < -0.4 is 4.90 Å². The molecule has 6 atom stereocenters. The van der Waals surface area contributed by atoms with Gasteiger partial charge in [0.05, 0.1) is 16.6 Å². The van der Waals surface area contributed by atoms with Crippen molar-refractivity contribution in [2.24, 2.45) is 17.8 Å². The maximum atomic E-state index is 14.8. The average molecular weight is 577 g/mol. The van der Waals surface area contributed by atoms with E-state index in [4.69, 9.17) is 4.74 Å². The Bertz CT molecular complexity index is 1330. The number of unbranched alkanes of at least 4 members (excludes halogenated alkanes) is 3. The van der Waals surface area contributed by atoms with Gasteiger partial charge in [0.1, 0.15) is 12.6 Å². The summed E-state index contributed by atoms with van der Waals surface area (Å²) in [5.74, 6) is -1.73. The highest BCUT2D eigenvalue weighted by molar-refractivity contribution is 8.02. The number of hydrogen-bond donors (Lipinski definition) is 1. The van der Waals surface area contributed by atoms with E-state index in [1.165, 1.54) is 6.08 Å². The van der Waals surface area contributed by atoms with Gasteiger partial charge in [0.15, 0.2) is 0 Å². The van der Waals surface area contributed by atoms with Crippen LogP contribution in [-0.2, 0) is 19.1 Å². The topological polar surface area (TPSA) is 87.1 Å². The fourth-order valence-electron chi connectivity index (χ4n) is 7.24. The van der Waals surface area contributed by atoms with Crippen LogP contribution in [-0.4, -0.2) is 70.1 Å². The van der Waals surface area contributed by atoms with E-state index in [1.54, 1.807) is 27.6 Å². The zero-order valence-corrected chi connectivity index (χ0v) is 24.6. The number of aliphatic hydroxyl groups excluding tert-OH is 1. The van der Waals surface area contributed by atoms with E-state index in [0.717, 1.165) is 42.1 Å². The summed E-state index contributed by atoms with van der Waals surface area (Å²) in [5.41, 5.74) is 0.760. The van der Waals surface area contributed by atoms with Crippen LogP contribution >= 0.6 is 11.8 Å². The van der Waals surface area contributed by atoms with Gasteiger partial charge in [0.2, 0.25) is 5.91 Å². The molecule has 2 amide bonds. The highest BCUT2D eigenvalue weighted by Crippen LogP contribution is 2.68. The maximum absolute atomic E-state index is 14.8. The van der Waals surface area contributed by atoms with Crippen molar-refractivity contribution >= 4 is 46.0 Å². The molecule has 218 valence electrons. The fourth-order valence-corrected chi connectivity index (χ4v) is 9.64. The summed E-state index contributed by atoms with van der Waals surface area (Å²) in [5, 5.41) is 11.2. The van der Waals surface area contributed by atoms with Gasteiger partial charge in [-0.3, -0.25) is 14.4 Å². The predicted octanol–water partition coefficient (Wildman–Crippen LogP) is 4.98. The molecule has 3 heterocycles. The molecule has 3 aliphatic rings. The molecule has 1 N–H and O–H groups in total. The molecule has 2 aromatic rings. The number of anilines is 1. The smallest absolute Gasteiger partial charge is 0.311 e. The molecule has 0 aliphatic carbocycles. The van der Waals surface area contributed by atoms with Crippen LogP contribution in [0.5, 0.6) is 0 Å². The third-order valence-electron chi connectivity index (χ3n) is 9.02. The zero-order valence-electron chi connectivity index (χ0n) is 23.7. The molecule has 2 aromatic carbocycles. The maximum Gasteiger partial charge on any atom is 0.311 e. The molecule has 3 unspecified atom stereocenters. The first-order valence-electron chi connectivity index (χ1n) is 14.7. The lowest BCUT2D eigenvalue weighted by Crippen LogP contribution is -2.57. The van der Waals surface area contributed by atoms with E-state index < -0.39 is 22.6 Å². The van der Waals surface area contributed by atoms with Crippen LogP contribution in [0.1, 0.15) is 39.0 Å². The molecule has 8 heteroatoms. The Labute approximate surface area is 246 Å².